The number of carbonyl (C=O) groups excluding carboxylic acids is 1. The summed E-state index contributed by atoms with van der Waals surface area (Å²) < 4.78 is 0. The van der Waals surface area contributed by atoms with E-state index in [1.807, 2.05) is 66.7 Å². The summed E-state index contributed by atoms with van der Waals surface area (Å²) in [5.74, 6) is -0.172. The van der Waals surface area contributed by atoms with Crippen molar-refractivity contribution in [1.82, 2.24) is 20.2 Å². The molecule has 1 aliphatic rings. The first-order valence-electron chi connectivity index (χ1n) is 14.6. The molecule has 0 bridgehead atoms. The van der Waals surface area contributed by atoms with Crippen LogP contribution in [0.4, 0.5) is 5.69 Å². The van der Waals surface area contributed by atoms with Crippen LogP contribution in [0.1, 0.15) is 64.8 Å². The molecule has 3 aromatic carbocycles. The summed E-state index contributed by atoms with van der Waals surface area (Å²) >= 11 is 0. The van der Waals surface area contributed by atoms with Gasteiger partial charge in [-0.2, -0.15) is 0 Å². The molecule has 3 N–H and O–H groups in total. The number of likely N-dealkylation sites (tertiary alicyclic amines) is 1. The van der Waals surface area contributed by atoms with Crippen molar-refractivity contribution in [1.29, 1.82) is 0 Å². The predicted molar refractivity (Wildman–Crippen MR) is 167 cm³/mol. The topological polar surface area (TPSA) is 93.6 Å². The summed E-state index contributed by atoms with van der Waals surface area (Å²) in [5.41, 5.74) is 6.29. The molecule has 7 heteroatoms. The summed E-state index contributed by atoms with van der Waals surface area (Å²) in [6.07, 6.45) is 6.72. The van der Waals surface area contributed by atoms with Gasteiger partial charge in [0.25, 0.3) is 5.91 Å². The number of amides is 1. The van der Waals surface area contributed by atoms with Gasteiger partial charge in [0.2, 0.25) is 0 Å². The van der Waals surface area contributed by atoms with Crippen LogP contribution in [-0.4, -0.2) is 44.7 Å². The highest BCUT2D eigenvalue weighted by atomic mass is 16.3. The van der Waals surface area contributed by atoms with Gasteiger partial charge >= 0.3 is 0 Å². The Labute approximate surface area is 246 Å². The molecular formula is C35H35N5O2. The molecule has 5 aromatic rings. The molecular weight excluding hydrogens is 522 g/mol. The van der Waals surface area contributed by atoms with Gasteiger partial charge < -0.3 is 15.4 Å². The number of aromatic amines is 1. The number of aliphatic imine (C=N–C) groups is 1. The van der Waals surface area contributed by atoms with Crippen LogP contribution in [0.15, 0.2) is 102 Å². The molecule has 1 amide bonds. The van der Waals surface area contributed by atoms with E-state index < -0.39 is 0 Å². The highest BCUT2D eigenvalue weighted by molar-refractivity contribution is 6.22. The first-order valence-corrected chi connectivity index (χ1v) is 14.6. The third-order valence-corrected chi connectivity index (χ3v) is 7.93. The highest BCUT2D eigenvalue weighted by Gasteiger charge is 2.21. The minimum absolute atomic E-state index is 0.000468. The molecule has 3 heterocycles. The number of benzene rings is 3. The number of fused-ring (bicyclic) bond motifs is 1. The quantitative estimate of drug-likeness (QED) is 0.172. The lowest BCUT2D eigenvalue weighted by Crippen LogP contribution is -2.28. The van der Waals surface area contributed by atoms with Crippen molar-refractivity contribution in [2.45, 2.75) is 38.8 Å². The lowest BCUT2D eigenvalue weighted by Gasteiger charge is -2.17. The number of rotatable bonds is 9. The lowest BCUT2D eigenvalue weighted by molar-refractivity contribution is 0.0935. The molecule has 6 rings (SSSR count). The van der Waals surface area contributed by atoms with Gasteiger partial charge in [0.15, 0.2) is 5.88 Å². The molecule has 1 atom stereocenters. The van der Waals surface area contributed by atoms with Gasteiger partial charge in [0, 0.05) is 41.0 Å². The SMILES string of the molecule is CC[C@@H](NC(=O)c1ccc2[nH]c(O)c(C(=Nc3ccc(CN4CCCC4)cc3)c3ccncc3)c2c1)c1ccccc1. The van der Waals surface area contributed by atoms with Gasteiger partial charge in [-0.1, -0.05) is 49.4 Å². The van der Waals surface area contributed by atoms with Gasteiger partial charge in [0.1, 0.15) is 0 Å². The van der Waals surface area contributed by atoms with Crippen molar-refractivity contribution in [2.75, 3.05) is 13.1 Å². The zero-order valence-corrected chi connectivity index (χ0v) is 23.8. The fraction of sp³-hybridized carbons (Fsp3) is 0.229. The number of nitrogens with one attached hydrogen (secondary N) is 2. The zero-order chi connectivity index (χ0) is 28.9. The number of carbonyl (C=O) groups is 1. The molecule has 42 heavy (non-hydrogen) atoms. The Kier molecular flexibility index (Phi) is 8.10. The number of aromatic nitrogens is 2. The Balaban J connectivity index is 1.36. The Morgan fingerprint density at radius 3 is 2.43 bits per heavy atom. The maximum absolute atomic E-state index is 13.4. The second kappa shape index (κ2) is 12.4. The molecule has 2 aromatic heterocycles. The van der Waals surface area contributed by atoms with Gasteiger partial charge in [-0.25, -0.2) is 4.99 Å². The maximum atomic E-state index is 13.4. The van der Waals surface area contributed by atoms with Crippen molar-refractivity contribution >= 4 is 28.2 Å². The predicted octanol–water partition coefficient (Wildman–Crippen LogP) is 6.91. The van der Waals surface area contributed by atoms with Crippen LogP contribution in [0.5, 0.6) is 5.88 Å². The van der Waals surface area contributed by atoms with Crippen LogP contribution < -0.4 is 5.32 Å². The van der Waals surface area contributed by atoms with Crippen LogP contribution in [0.25, 0.3) is 10.9 Å². The minimum atomic E-state index is -0.171. The fourth-order valence-electron chi connectivity index (χ4n) is 5.69. The normalized spacial score (nSPS) is 14.7. The summed E-state index contributed by atoms with van der Waals surface area (Å²) in [6, 6.07) is 27.3. The minimum Gasteiger partial charge on any atom is -0.494 e. The molecule has 0 radical (unpaired) electrons. The van der Waals surface area contributed by atoms with Gasteiger partial charge in [-0.05, 0) is 85.9 Å². The van der Waals surface area contributed by atoms with E-state index in [9.17, 15) is 9.90 Å². The van der Waals surface area contributed by atoms with Crippen LogP contribution in [-0.2, 0) is 6.54 Å². The van der Waals surface area contributed by atoms with Crippen LogP contribution in [0.2, 0.25) is 0 Å². The van der Waals surface area contributed by atoms with Gasteiger partial charge in [0.05, 0.1) is 23.0 Å². The molecule has 0 unspecified atom stereocenters. The number of pyridine rings is 1. The van der Waals surface area contributed by atoms with E-state index in [2.05, 4.69) is 39.2 Å². The Morgan fingerprint density at radius 2 is 1.71 bits per heavy atom. The summed E-state index contributed by atoms with van der Waals surface area (Å²) in [6.45, 7) is 5.30. The summed E-state index contributed by atoms with van der Waals surface area (Å²) in [4.78, 5) is 28.2. The molecule has 212 valence electrons. The Hall–Kier alpha value is -4.75. The Morgan fingerprint density at radius 1 is 0.976 bits per heavy atom. The highest BCUT2D eigenvalue weighted by Crippen LogP contribution is 2.32. The standard InChI is InChI=1S/C35H35N5O2/c1-2-30(25-8-4-3-5-9-25)38-34(41)27-12-15-31-29(22-27)32(35(42)39-31)33(26-16-18-36-19-17-26)37-28-13-10-24(11-14-28)23-40-20-6-7-21-40/h3-5,8-19,22,30,39,42H,2,6-7,20-21,23H2,1H3,(H,38,41)/t30-/m1/s1. The smallest absolute Gasteiger partial charge is 0.251 e. The summed E-state index contributed by atoms with van der Waals surface area (Å²) in [7, 11) is 0. The first kappa shape index (κ1) is 27.4. The van der Waals surface area contributed by atoms with Crippen molar-refractivity contribution in [3.05, 3.63) is 125 Å². The number of H-pyrrole nitrogens is 1. The van der Waals surface area contributed by atoms with Gasteiger partial charge in [-0.15, -0.1) is 0 Å². The van der Waals surface area contributed by atoms with E-state index in [-0.39, 0.29) is 17.8 Å². The van der Waals surface area contributed by atoms with Crippen molar-refractivity contribution in [3.63, 3.8) is 0 Å². The van der Waals surface area contributed by atoms with Crippen molar-refractivity contribution in [2.24, 2.45) is 4.99 Å². The molecule has 0 aliphatic carbocycles. The van der Waals surface area contributed by atoms with Gasteiger partial charge in [-0.3, -0.25) is 14.7 Å². The number of hydrogen-bond acceptors (Lipinski definition) is 5. The van der Waals surface area contributed by atoms with E-state index in [0.29, 0.717) is 22.2 Å². The van der Waals surface area contributed by atoms with E-state index in [4.69, 9.17) is 4.99 Å². The third kappa shape index (κ3) is 5.97. The van der Waals surface area contributed by atoms with E-state index >= 15 is 0 Å². The van der Waals surface area contributed by atoms with Crippen LogP contribution >= 0.6 is 0 Å². The van der Waals surface area contributed by atoms with E-state index in [0.717, 1.165) is 48.4 Å². The maximum Gasteiger partial charge on any atom is 0.251 e. The molecule has 1 saturated heterocycles. The second-order valence-corrected chi connectivity index (χ2v) is 10.8. The molecule has 0 saturated carbocycles. The fourth-order valence-corrected chi connectivity index (χ4v) is 5.69. The van der Waals surface area contributed by atoms with Crippen molar-refractivity contribution in [3.8, 4) is 5.88 Å². The van der Waals surface area contributed by atoms with E-state index in [1.165, 1.54) is 18.4 Å². The second-order valence-electron chi connectivity index (χ2n) is 10.8. The number of nitrogens with zero attached hydrogens (tertiary/aromatic N) is 3. The molecule has 7 nitrogen and oxygen atoms in total. The third-order valence-electron chi connectivity index (χ3n) is 7.93. The molecule has 0 spiro atoms. The molecule has 1 fully saturated rings. The lowest BCUT2D eigenvalue weighted by atomic mass is 9.99. The zero-order valence-electron chi connectivity index (χ0n) is 23.8. The first-order chi connectivity index (χ1) is 20.6. The van der Waals surface area contributed by atoms with Crippen LogP contribution in [0.3, 0.4) is 0 Å². The number of aromatic hydroxyl groups is 1. The number of hydrogen-bond donors (Lipinski definition) is 3. The molecule has 1 aliphatic heterocycles. The monoisotopic (exact) mass is 557 g/mol. The van der Waals surface area contributed by atoms with E-state index in [1.54, 1.807) is 18.5 Å². The van der Waals surface area contributed by atoms with Crippen molar-refractivity contribution < 1.29 is 9.90 Å². The average molecular weight is 558 g/mol. The average Bonchev–Trinajstić information content (AvgIpc) is 3.66. The summed E-state index contributed by atoms with van der Waals surface area (Å²) in [5, 5.41) is 15.0. The van der Waals surface area contributed by atoms with Crippen LogP contribution in [0, 0.1) is 0 Å². The Bertz CT molecular complexity index is 1690. The largest absolute Gasteiger partial charge is 0.494 e.